The molecular weight excluding hydrogens is 375 g/mol. The lowest BCUT2D eigenvalue weighted by Crippen LogP contribution is -2.44. The average Bonchev–Trinajstić information content (AvgIpc) is 3.17. The van der Waals surface area contributed by atoms with Gasteiger partial charge in [-0.2, -0.15) is 5.10 Å². The number of aromatic amines is 1. The molecule has 4 rings (SSSR count). The monoisotopic (exact) mass is 394 g/mol. The van der Waals surface area contributed by atoms with Gasteiger partial charge in [0.25, 0.3) is 0 Å². The molecule has 2 aromatic carbocycles. The molecular formula is C21H19FN4O3. The van der Waals surface area contributed by atoms with Crippen LogP contribution < -0.4 is 15.4 Å². The van der Waals surface area contributed by atoms with E-state index in [4.69, 9.17) is 4.74 Å². The van der Waals surface area contributed by atoms with Gasteiger partial charge in [0, 0.05) is 17.8 Å². The molecule has 1 heterocycles. The number of halogens is 1. The number of H-pyrrole nitrogens is 1. The SMILES string of the molecule is O=C(Nc1ccccc1Oc1cccc(F)c1)C(=O)NC1CCc2[nH]ncc2C1. The molecule has 1 aliphatic carbocycles. The maximum atomic E-state index is 13.4. The molecule has 0 saturated carbocycles. The van der Waals surface area contributed by atoms with Crippen LogP contribution in [0.3, 0.4) is 0 Å². The van der Waals surface area contributed by atoms with Gasteiger partial charge in [0.2, 0.25) is 0 Å². The highest BCUT2D eigenvalue weighted by atomic mass is 19.1. The van der Waals surface area contributed by atoms with Crippen molar-refractivity contribution < 1.29 is 18.7 Å². The maximum absolute atomic E-state index is 13.4. The predicted octanol–water partition coefficient (Wildman–Crippen LogP) is 2.95. The molecule has 2 amide bonds. The zero-order chi connectivity index (χ0) is 20.2. The van der Waals surface area contributed by atoms with Crippen LogP contribution in [-0.2, 0) is 22.4 Å². The molecule has 8 heteroatoms. The number of para-hydroxylation sites is 2. The van der Waals surface area contributed by atoms with Crippen molar-refractivity contribution in [1.29, 1.82) is 0 Å². The molecule has 1 unspecified atom stereocenters. The van der Waals surface area contributed by atoms with Crippen molar-refractivity contribution in [3.8, 4) is 11.5 Å². The molecule has 0 radical (unpaired) electrons. The van der Waals surface area contributed by atoms with Crippen molar-refractivity contribution >= 4 is 17.5 Å². The fraction of sp³-hybridized carbons (Fsp3) is 0.190. The minimum absolute atomic E-state index is 0.128. The number of amides is 2. The molecule has 0 aliphatic heterocycles. The molecule has 7 nitrogen and oxygen atoms in total. The van der Waals surface area contributed by atoms with Crippen LogP contribution in [0.5, 0.6) is 11.5 Å². The van der Waals surface area contributed by atoms with Crippen molar-refractivity contribution in [2.24, 2.45) is 0 Å². The molecule has 0 saturated heterocycles. The largest absolute Gasteiger partial charge is 0.455 e. The number of benzene rings is 2. The van der Waals surface area contributed by atoms with Gasteiger partial charge in [-0.1, -0.05) is 18.2 Å². The number of carbonyl (C=O) groups excluding carboxylic acids is 2. The second-order valence-electron chi connectivity index (χ2n) is 6.80. The molecule has 1 aliphatic rings. The number of rotatable bonds is 4. The summed E-state index contributed by atoms with van der Waals surface area (Å²) in [4.78, 5) is 24.7. The van der Waals surface area contributed by atoms with E-state index in [9.17, 15) is 14.0 Å². The zero-order valence-corrected chi connectivity index (χ0v) is 15.4. The third-order valence-corrected chi connectivity index (χ3v) is 4.72. The third-order valence-electron chi connectivity index (χ3n) is 4.72. The summed E-state index contributed by atoms with van der Waals surface area (Å²) in [6, 6.07) is 12.2. The van der Waals surface area contributed by atoms with Gasteiger partial charge in [0.15, 0.2) is 5.75 Å². The summed E-state index contributed by atoms with van der Waals surface area (Å²) in [6.07, 6.45) is 3.87. The Bertz CT molecular complexity index is 1050. The summed E-state index contributed by atoms with van der Waals surface area (Å²) in [7, 11) is 0. The minimum Gasteiger partial charge on any atom is -0.455 e. The first kappa shape index (κ1) is 18.7. The number of fused-ring (bicyclic) bond motifs is 1. The Morgan fingerprint density at radius 1 is 1.14 bits per heavy atom. The molecule has 29 heavy (non-hydrogen) atoms. The van der Waals surface area contributed by atoms with Crippen LogP contribution in [0.1, 0.15) is 17.7 Å². The first-order chi connectivity index (χ1) is 14.1. The molecule has 0 spiro atoms. The number of ether oxygens (including phenoxy) is 1. The molecule has 3 aromatic rings. The lowest BCUT2D eigenvalue weighted by Gasteiger charge is -2.22. The van der Waals surface area contributed by atoms with Crippen LogP contribution in [-0.4, -0.2) is 28.1 Å². The topological polar surface area (TPSA) is 96.1 Å². The Labute approximate surface area is 166 Å². The van der Waals surface area contributed by atoms with Crippen molar-refractivity contribution in [3.05, 3.63) is 71.8 Å². The number of nitrogens with zero attached hydrogens (tertiary/aromatic N) is 1. The van der Waals surface area contributed by atoms with Crippen LogP contribution >= 0.6 is 0 Å². The number of hydrogen-bond donors (Lipinski definition) is 3. The fourth-order valence-corrected chi connectivity index (χ4v) is 3.29. The minimum atomic E-state index is -0.793. The summed E-state index contributed by atoms with van der Waals surface area (Å²) in [5, 5.41) is 12.3. The fourth-order valence-electron chi connectivity index (χ4n) is 3.29. The summed E-state index contributed by atoms with van der Waals surface area (Å²) in [6.45, 7) is 0. The molecule has 1 atom stereocenters. The Morgan fingerprint density at radius 2 is 2.00 bits per heavy atom. The van der Waals surface area contributed by atoms with Gasteiger partial charge in [-0.25, -0.2) is 4.39 Å². The highest BCUT2D eigenvalue weighted by Gasteiger charge is 2.24. The first-order valence-corrected chi connectivity index (χ1v) is 9.24. The normalized spacial score (nSPS) is 15.3. The third kappa shape index (κ3) is 4.43. The van der Waals surface area contributed by atoms with E-state index in [1.54, 1.807) is 36.5 Å². The van der Waals surface area contributed by atoms with Crippen LogP contribution in [0.4, 0.5) is 10.1 Å². The quantitative estimate of drug-likeness (QED) is 0.593. The van der Waals surface area contributed by atoms with E-state index >= 15 is 0 Å². The van der Waals surface area contributed by atoms with E-state index in [1.165, 1.54) is 18.2 Å². The van der Waals surface area contributed by atoms with Crippen molar-refractivity contribution in [2.75, 3.05) is 5.32 Å². The number of aromatic nitrogens is 2. The standard InChI is InChI=1S/C21H19FN4O3/c22-14-4-3-5-16(11-14)29-19-7-2-1-6-18(19)25-21(28)20(27)24-15-8-9-17-13(10-15)12-23-26-17/h1-7,11-12,15H,8-10H2,(H,23,26)(H,24,27)(H,25,28). The van der Waals surface area contributed by atoms with Gasteiger partial charge >= 0.3 is 11.8 Å². The van der Waals surface area contributed by atoms with Crippen molar-refractivity contribution in [3.63, 3.8) is 0 Å². The van der Waals surface area contributed by atoms with Crippen LogP contribution in [0.25, 0.3) is 0 Å². The Morgan fingerprint density at radius 3 is 2.86 bits per heavy atom. The Hall–Kier alpha value is -3.68. The lowest BCUT2D eigenvalue weighted by molar-refractivity contribution is -0.136. The van der Waals surface area contributed by atoms with Crippen LogP contribution in [0, 0.1) is 5.82 Å². The van der Waals surface area contributed by atoms with Gasteiger partial charge in [-0.05, 0) is 49.1 Å². The second kappa shape index (κ2) is 8.14. The van der Waals surface area contributed by atoms with E-state index in [0.717, 1.165) is 24.1 Å². The number of aryl methyl sites for hydroxylation is 1. The first-order valence-electron chi connectivity index (χ1n) is 9.24. The highest BCUT2D eigenvalue weighted by Crippen LogP contribution is 2.29. The van der Waals surface area contributed by atoms with E-state index in [2.05, 4.69) is 20.8 Å². The summed E-state index contributed by atoms with van der Waals surface area (Å²) in [5.41, 5.74) is 2.44. The lowest BCUT2D eigenvalue weighted by atomic mass is 9.93. The van der Waals surface area contributed by atoms with Gasteiger partial charge in [0.1, 0.15) is 11.6 Å². The van der Waals surface area contributed by atoms with Gasteiger partial charge in [-0.3, -0.25) is 14.7 Å². The molecule has 0 bridgehead atoms. The Kier molecular flexibility index (Phi) is 5.24. The van der Waals surface area contributed by atoms with Crippen LogP contribution in [0.15, 0.2) is 54.7 Å². The number of nitrogens with one attached hydrogen (secondary N) is 3. The van der Waals surface area contributed by atoms with Crippen molar-refractivity contribution in [1.82, 2.24) is 15.5 Å². The average molecular weight is 394 g/mol. The van der Waals surface area contributed by atoms with E-state index in [-0.39, 0.29) is 11.8 Å². The summed E-state index contributed by atoms with van der Waals surface area (Å²) < 4.78 is 19.0. The van der Waals surface area contributed by atoms with E-state index in [1.807, 2.05) is 0 Å². The summed E-state index contributed by atoms with van der Waals surface area (Å²) >= 11 is 0. The van der Waals surface area contributed by atoms with Gasteiger partial charge in [-0.15, -0.1) is 0 Å². The molecule has 148 valence electrons. The summed E-state index contributed by atoms with van der Waals surface area (Å²) in [5.74, 6) is -1.35. The van der Waals surface area contributed by atoms with Crippen LogP contribution in [0.2, 0.25) is 0 Å². The highest BCUT2D eigenvalue weighted by molar-refractivity contribution is 6.39. The smallest absolute Gasteiger partial charge is 0.313 e. The molecule has 1 aromatic heterocycles. The molecule has 0 fully saturated rings. The van der Waals surface area contributed by atoms with E-state index < -0.39 is 17.6 Å². The van der Waals surface area contributed by atoms with E-state index in [0.29, 0.717) is 17.9 Å². The maximum Gasteiger partial charge on any atom is 0.313 e. The van der Waals surface area contributed by atoms with Gasteiger partial charge < -0.3 is 15.4 Å². The number of hydrogen-bond acceptors (Lipinski definition) is 4. The van der Waals surface area contributed by atoms with Gasteiger partial charge in [0.05, 0.1) is 11.9 Å². The van der Waals surface area contributed by atoms with Crippen molar-refractivity contribution in [2.45, 2.75) is 25.3 Å². The molecule has 3 N–H and O–H groups in total. The predicted molar refractivity (Wildman–Crippen MR) is 104 cm³/mol. The zero-order valence-electron chi connectivity index (χ0n) is 15.4. The second-order valence-corrected chi connectivity index (χ2v) is 6.80. The number of anilines is 1. The number of carbonyl (C=O) groups is 2. The Balaban J connectivity index is 1.40.